The second-order valence-electron chi connectivity index (χ2n) is 6.36. The summed E-state index contributed by atoms with van der Waals surface area (Å²) in [5.41, 5.74) is 4.31. The number of nitrogens with one attached hydrogen (secondary N) is 1. The van der Waals surface area contributed by atoms with Crippen LogP contribution in [0.3, 0.4) is 0 Å². The minimum Gasteiger partial charge on any atom is -0.465 e. The van der Waals surface area contributed by atoms with Gasteiger partial charge in [-0.15, -0.1) is 0 Å². The normalized spacial score (nSPS) is 15.2. The SMILES string of the molecule is COC(=O)c1ccc(/C=C2/SC(=O)N(CNc3ccc(C)c(C)c3)C2=O)cc1. The Morgan fingerprint density at radius 1 is 1.11 bits per heavy atom. The molecule has 0 radical (unpaired) electrons. The van der Waals surface area contributed by atoms with Crippen molar-refractivity contribution in [3.8, 4) is 0 Å². The Labute approximate surface area is 167 Å². The van der Waals surface area contributed by atoms with E-state index in [-0.39, 0.29) is 17.8 Å². The Kier molecular flexibility index (Phi) is 5.84. The Balaban J connectivity index is 1.69. The molecule has 1 aliphatic rings. The van der Waals surface area contributed by atoms with Crippen molar-refractivity contribution < 1.29 is 19.1 Å². The maximum absolute atomic E-state index is 12.6. The lowest BCUT2D eigenvalue weighted by Gasteiger charge is -2.15. The van der Waals surface area contributed by atoms with Crippen LogP contribution in [0.4, 0.5) is 10.5 Å². The van der Waals surface area contributed by atoms with E-state index in [0.29, 0.717) is 10.5 Å². The molecule has 1 saturated heterocycles. The highest BCUT2D eigenvalue weighted by Crippen LogP contribution is 2.32. The van der Waals surface area contributed by atoms with Crippen molar-refractivity contribution in [2.45, 2.75) is 13.8 Å². The van der Waals surface area contributed by atoms with Gasteiger partial charge in [-0.25, -0.2) is 4.79 Å². The monoisotopic (exact) mass is 396 g/mol. The molecule has 1 N–H and O–H groups in total. The molecule has 6 nitrogen and oxygen atoms in total. The molecule has 0 unspecified atom stereocenters. The van der Waals surface area contributed by atoms with Gasteiger partial charge in [0.15, 0.2) is 0 Å². The Hall–Kier alpha value is -3.06. The minimum absolute atomic E-state index is 0.103. The summed E-state index contributed by atoms with van der Waals surface area (Å²) in [5, 5.41) is 2.80. The number of nitrogens with zero attached hydrogens (tertiary/aromatic N) is 1. The number of methoxy groups -OCH3 is 1. The molecule has 0 bridgehead atoms. The van der Waals surface area contributed by atoms with Crippen LogP contribution in [0.1, 0.15) is 27.0 Å². The van der Waals surface area contributed by atoms with Gasteiger partial charge in [0.2, 0.25) is 0 Å². The summed E-state index contributed by atoms with van der Waals surface area (Å²) in [5.74, 6) is -0.771. The summed E-state index contributed by atoms with van der Waals surface area (Å²) in [4.78, 5) is 37.8. The molecular weight excluding hydrogens is 376 g/mol. The lowest BCUT2D eigenvalue weighted by atomic mass is 10.1. The maximum atomic E-state index is 12.6. The number of anilines is 1. The van der Waals surface area contributed by atoms with Gasteiger partial charge in [0, 0.05) is 5.69 Å². The number of rotatable bonds is 5. The van der Waals surface area contributed by atoms with Crippen molar-refractivity contribution in [3.05, 3.63) is 69.6 Å². The zero-order chi connectivity index (χ0) is 20.3. The van der Waals surface area contributed by atoms with Crippen LogP contribution in [0, 0.1) is 13.8 Å². The van der Waals surface area contributed by atoms with Crippen molar-refractivity contribution in [1.29, 1.82) is 0 Å². The lowest BCUT2D eigenvalue weighted by molar-refractivity contribution is -0.122. The molecule has 1 aliphatic heterocycles. The van der Waals surface area contributed by atoms with E-state index >= 15 is 0 Å². The smallest absolute Gasteiger partial charge is 0.337 e. The van der Waals surface area contributed by atoms with Gasteiger partial charge >= 0.3 is 5.97 Å². The van der Waals surface area contributed by atoms with Gasteiger partial charge in [0.1, 0.15) is 0 Å². The standard InChI is InChI=1S/C21H20N2O4S/c1-13-4-9-17(10-14(13)2)22-12-23-19(24)18(28-21(23)26)11-15-5-7-16(8-6-15)20(25)27-3/h4-11,22H,12H2,1-3H3/b18-11+. The molecule has 0 aliphatic carbocycles. The zero-order valence-corrected chi connectivity index (χ0v) is 16.6. The number of esters is 1. The van der Waals surface area contributed by atoms with Crippen LogP contribution < -0.4 is 5.32 Å². The van der Waals surface area contributed by atoms with Crippen LogP contribution in [0.25, 0.3) is 6.08 Å². The number of hydrogen-bond acceptors (Lipinski definition) is 6. The molecule has 0 aromatic heterocycles. The summed E-state index contributed by atoms with van der Waals surface area (Å²) < 4.78 is 4.66. The van der Waals surface area contributed by atoms with E-state index in [1.807, 2.05) is 32.0 Å². The number of hydrogen-bond donors (Lipinski definition) is 1. The largest absolute Gasteiger partial charge is 0.465 e. The summed E-state index contributed by atoms with van der Waals surface area (Å²) in [6.45, 7) is 4.14. The van der Waals surface area contributed by atoms with E-state index in [9.17, 15) is 14.4 Å². The second kappa shape index (κ2) is 8.31. The molecule has 28 heavy (non-hydrogen) atoms. The third-order valence-electron chi connectivity index (χ3n) is 4.45. The fraction of sp³-hybridized carbons (Fsp3) is 0.190. The van der Waals surface area contributed by atoms with E-state index in [2.05, 4.69) is 10.1 Å². The average Bonchev–Trinajstić information content (AvgIpc) is 2.95. The fourth-order valence-corrected chi connectivity index (χ4v) is 3.48. The first-order valence-corrected chi connectivity index (χ1v) is 9.45. The Morgan fingerprint density at radius 2 is 1.82 bits per heavy atom. The number of carbonyl (C=O) groups is 3. The van der Waals surface area contributed by atoms with Crippen molar-refractivity contribution in [2.75, 3.05) is 19.1 Å². The summed E-state index contributed by atoms with van der Waals surface area (Å²) in [6, 6.07) is 12.5. The number of aryl methyl sites for hydroxylation is 2. The number of thioether (sulfide) groups is 1. The van der Waals surface area contributed by atoms with Gasteiger partial charge < -0.3 is 10.1 Å². The molecule has 2 aromatic rings. The van der Waals surface area contributed by atoms with Crippen molar-refractivity contribution >= 4 is 40.6 Å². The topological polar surface area (TPSA) is 75.7 Å². The number of benzene rings is 2. The molecule has 144 valence electrons. The average molecular weight is 396 g/mol. The van der Waals surface area contributed by atoms with Gasteiger partial charge in [-0.3, -0.25) is 14.5 Å². The first-order chi connectivity index (χ1) is 13.4. The van der Waals surface area contributed by atoms with Gasteiger partial charge in [0.05, 0.1) is 24.2 Å². The minimum atomic E-state index is -0.427. The molecule has 0 saturated carbocycles. The predicted octanol–water partition coefficient (Wildman–Crippen LogP) is 4.20. The van der Waals surface area contributed by atoms with Crippen LogP contribution in [0.5, 0.6) is 0 Å². The molecule has 0 spiro atoms. The van der Waals surface area contributed by atoms with Crippen LogP contribution >= 0.6 is 11.8 Å². The fourth-order valence-electron chi connectivity index (χ4n) is 2.64. The summed E-state index contributed by atoms with van der Waals surface area (Å²) in [7, 11) is 1.32. The van der Waals surface area contributed by atoms with Crippen molar-refractivity contribution in [3.63, 3.8) is 0 Å². The van der Waals surface area contributed by atoms with Gasteiger partial charge in [0.25, 0.3) is 11.1 Å². The number of carbonyl (C=O) groups excluding carboxylic acids is 3. The summed E-state index contributed by atoms with van der Waals surface area (Å²) in [6.07, 6.45) is 1.64. The summed E-state index contributed by atoms with van der Waals surface area (Å²) >= 11 is 0.899. The van der Waals surface area contributed by atoms with Crippen molar-refractivity contribution in [1.82, 2.24) is 4.90 Å². The van der Waals surface area contributed by atoms with Gasteiger partial charge in [-0.2, -0.15) is 0 Å². The molecule has 1 heterocycles. The second-order valence-corrected chi connectivity index (χ2v) is 7.35. The Bertz CT molecular complexity index is 967. The van der Waals surface area contributed by atoms with Crippen molar-refractivity contribution in [2.24, 2.45) is 0 Å². The predicted molar refractivity (Wildman–Crippen MR) is 110 cm³/mol. The zero-order valence-electron chi connectivity index (χ0n) is 15.8. The highest BCUT2D eigenvalue weighted by molar-refractivity contribution is 8.18. The molecular formula is C21H20N2O4S. The maximum Gasteiger partial charge on any atom is 0.337 e. The highest BCUT2D eigenvalue weighted by Gasteiger charge is 2.34. The lowest BCUT2D eigenvalue weighted by Crippen LogP contribution is -2.33. The molecule has 0 atom stereocenters. The van der Waals surface area contributed by atoms with Crippen LogP contribution in [-0.4, -0.2) is 35.8 Å². The quantitative estimate of drug-likeness (QED) is 0.603. The van der Waals surface area contributed by atoms with E-state index in [0.717, 1.165) is 28.6 Å². The first-order valence-electron chi connectivity index (χ1n) is 8.64. The number of amides is 2. The van der Waals surface area contributed by atoms with E-state index < -0.39 is 5.97 Å². The molecule has 1 fully saturated rings. The third kappa shape index (κ3) is 4.26. The van der Waals surface area contributed by atoms with E-state index in [1.54, 1.807) is 30.3 Å². The van der Waals surface area contributed by atoms with E-state index in [1.165, 1.54) is 17.6 Å². The Morgan fingerprint density at radius 3 is 2.46 bits per heavy atom. The van der Waals surface area contributed by atoms with Gasteiger partial charge in [-0.05, 0) is 72.6 Å². The molecule has 2 aromatic carbocycles. The van der Waals surface area contributed by atoms with Gasteiger partial charge in [-0.1, -0.05) is 18.2 Å². The number of ether oxygens (including phenoxy) is 1. The molecule has 2 amide bonds. The number of imide groups is 1. The highest BCUT2D eigenvalue weighted by atomic mass is 32.2. The molecule has 3 rings (SSSR count). The third-order valence-corrected chi connectivity index (χ3v) is 5.36. The van der Waals surface area contributed by atoms with Crippen LogP contribution in [0.15, 0.2) is 47.4 Å². The first kappa shape index (κ1) is 19.7. The van der Waals surface area contributed by atoms with Crippen LogP contribution in [-0.2, 0) is 9.53 Å². The van der Waals surface area contributed by atoms with E-state index in [4.69, 9.17) is 0 Å². The van der Waals surface area contributed by atoms with Crippen LogP contribution in [0.2, 0.25) is 0 Å². The molecule has 7 heteroatoms.